The third kappa shape index (κ3) is 1.61. The van der Waals surface area contributed by atoms with Crippen LogP contribution in [0.3, 0.4) is 0 Å². The fourth-order valence-electron chi connectivity index (χ4n) is 1.79. The topological polar surface area (TPSA) is 102 Å². The molecule has 2 rings (SSSR count). The van der Waals surface area contributed by atoms with Crippen molar-refractivity contribution in [3.8, 4) is 0 Å². The second-order valence-corrected chi connectivity index (χ2v) is 3.69. The van der Waals surface area contributed by atoms with Crippen LogP contribution in [0, 0.1) is 10.1 Å². The first-order valence-corrected chi connectivity index (χ1v) is 4.94. The van der Waals surface area contributed by atoms with Crippen molar-refractivity contribution in [2.75, 3.05) is 0 Å². The molecule has 18 heavy (non-hydrogen) atoms. The maximum atomic E-state index is 11.7. The average Bonchev–Trinajstić information content (AvgIpc) is 2.32. The highest BCUT2D eigenvalue weighted by Gasteiger charge is 2.18. The Balaban J connectivity index is 3.01. The Bertz CT molecular complexity index is 732. The number of pyridine rings is 1. The second kappa shape index (κ2) is 3.95. The molecule has 1 aromatic heterocycles. The van der Waals surface area contributed by atoms with Gasteiger partial charge in [0, 0.05) is 13.1 Å². The van der Waals surface area contributed by atoms with E-state index in [1.54, 1.807) is 0 Å². The number of nitro groups is 1. The van der Waals surface area contributed by atoms with Crippen molar-refractivity contribution >= 4 is 22.6 Å². The number of carboxylic acids is 1. The van der Waals surface area contributed by atoms with Gasteiger partial charge in [-0.15, -0.1) is 0 Å². The van der Waals surface area contributed by atoms with Crippen LogP contribution in [0.4, 0.5) is 5.69 Å². The minimum atomic E-state index is -1.41. The summed E-state index contributed by atoms with van der Waals surface area (Å²) in [5.41, 5.74) is -1.10. The zero-order valence-corrected chi connectivity index (χ0v) is 9.28. The van der Waals surface area contributed by atoms with E-state index in [-0.39, 0.29) is 11.1 Å². The Morgan fingerprint density at radius 1 is 1.44 bits per heavy atom. The van der Waals surface area contributed by atoms with Crippen LogP contribution in [0.2, 0.25) is 0 Å². The fraction of sp³-hybridized carbons (Fsp3) is 0.0909. The zero-order valence-electron chi connectivity index (χ0n) is 9.28. The number of rotatable bonds is 2. The molecule has 1 aromatic carbocycles. The summed E-state index contributed by atoms with van der Waals surface area (Å²) in [6.45, 7) is 0. The molecular weight excluding hydrogens is 240 g/mol. The molecule has 0 aliphatic heterocycles. The first-order chi connectivity index (χ1) is 8.43. The second-order valence-electron chi connectivity index (χ2n) is 3.69. The van der Waals surface area contributed by atoms with Crippen molar-refractivity contribution < 1.29 is 14.8 Å². The van der Waals surface area contributed by atoms with E-state index in [1.165, 1.54) is 25.2 Å². The molecular formula is C11H8N2O5. The van der Waals surface area contributed by atoms with Gasteiger partial charge < -0.3 is 9.67 Å². The molecule has 0 saturated heterocycles. The number of nitrogens with zero attached hydrogens (tertiary/aromatic N) is 2. The van der Waals surface area contributed by atoms with Gasteiger partial charge in [-0.2, -0.15) is 0 Å². The maximum Gasteiger partial charge on any atom is 0.341 e. The lowest BCUT2D eigenvalue weighted by Gasteiger charge is -2.06. The molecule has 0 amide bonds. The molecule has 92 valence electrons. The van der Waals surface area contributed by atoms with Crippen molar-refractivity contribution in [3.63, 3.8) is 0 Å². The molecule has 0 unspecified atom stereocenters. The summed E-state index contributed by atoms with van der Waals surface area (Å²) < 4.78 is 1.09. The van der Waals surface area contributed by atoms with Crippen molar-refractivity contribution in [3.05, 3.63) is 50.3 Å². The Kier molecular flexibility index (Phi) is 2.59. The molecule has 2 aromatic rings. The number of carbonyl (C=O) groups is 1. The molecule has 1 N–H and O–H groups in total. The number of hydrogen-bond donors (Lipinski definition) is 1. The van der Waals surface area contributed by atoms with Crippen LogP contribution in [-0.2, 0) is 7.05 Å². The fourth-order valence-corrected chi connectivity index (χ4v) is 1.79. The average molecular weight is 248 g/mol. The molecule has 0 aliphatic carbocycles. The third-order valence-electron chi connectivity index (χ3n) is 2.67. The van der Waals surface area contributed by atoms with E-state index in [1.807, 2.05) is 0 Å². The lowest BCUT2D eigenvalue weighted by molar-refractivity contribution is -0.383. The van der Waals surface area contributed by atoms with Gasteiger partial charge in [0.25, 0.3) is 11.2 Å². The van der Waals surface area contributed by atoms with Gasteiger partial charge in [-0.25, -0.2) is 4.79 Å². The first kappa shape index (κ1) is 11.8. The predicted molar refractivity (Wildman–Crippen MR) is 62.8 cm³/mol. The van der Waals surface area contributed by atoms with Crippen LogP contribution in [0.25, 0.3) is 10.9 Å². The molecule has 0 saturated carbocycles. The summed E-state index contributed by atoms with van der Waals surface area (Å²) >= 11 is 0. The molecule has 0 bridgehead atoms. The van der Waals surface area contributed by atoms with Gasteiger partial charge in [-0.05, 0) is 12.1 Å². The van der Waals surface area contributed by atoms with E-state index < -0.39 is 22.0 Å². The van der Waals surface area contributed by atoms with Gasteiger partial charge in [0.1, 0.15) is 5.56 Å². The van der Waals surface area contributed by atoms with Gasteiger partial charge >= 0.3 is 5.97 Å². The van der Waals surface area contributed by atoms with E-state index in [2.05, 4.69) is 0 Å². The Hall–Kier alpha value is -2.70. The standard InChI is InChI=1S/C11H8N2O5/c1-12-8-3-2-4-9(13(17)18)6(8)5-7(10(12)14)11(15)16/h2-5H,1H3,(H,15,16). The van der Waals surface area contributed by atoms with Crippen LogP contribution in [0.5, 0.6) is 0 Å². The van der Waals surface area contributed by atoms with Crippen molar-refractivity contribution in [2.24, 2.45) is 7.05 Å². The summed E-state index contributed by atoms with van der Waals surface area (Å²) in [5, 5.41) is 19.9. The van der Waals surface area contributed by atoms with E-state index >= 15 is 0 Å². The van der Waals surface area contributed by atoms with Gasteiger partial charge in [-0.3, -0.25) is 14.9 Å². The quantitative estimate of drug-likeness (QED) is 0.634. The molecule has 7 heteroatoms. The number of aromatic nitrogens is 1. The minimum absolute atomic E-state index is 0.127. The molecule has 7 nitrogen and oxygen atoms in total. The normalized spacial score (nSPS) is 10.5. The highest BCUT2D eigenvalue weighted by Crippen LogP contribution is 2.24. The summed E-state index contributed by atoms with van der Waals surface area (Å²) in [7, 11) is 1.38. The van der Waals surface area contributed by atoms with E-state index in [0.29, 0.717) is 5.52 Å². The van der Waals surface area contributed by atoms with Crippen LogP contribution in [-0.4, -0.2) is 20.6 Å². The minimum Gasteiger partial charge on any atom is -0.477 e. The number of non-ortho nitro benzene ring substituents is 1. The number of aryl methyl sites for hydroxylation is 1. The highest BCUT2D eigenvalue weighted by molar-refractivity contribution is 5.96. The van der Waals surface area contributed by atoms with Gasteiger partial charge in [0.05, 0.1) is 15.8 Å². The SMILES string of the molecule is Cn1c(=O)c(C(=O)O)cc2c([N+](=O)[O-])cccc21. The molecule has 0 spiro atoms. The van der Waals surface area contributed by atoms with E-state index in [0.717, 1.165) is 10.6 Å². The van der Waals surface area contributed by atoms with E-state index in [9.17, 15) is 19.7 Å². The number of nitro benzene ring substituents is 1. The number of hydrogen-bond acceptors (Lipinski definition) is 4. The Morgan fingerprint density at radius 3 is 2.67 bits per heavy atom. The van der Waals surface area contributed by atoms with Crippen LogP contribution < -0.4 is 5.56 Å². The van der Waals surface area contributed by atoms with Crippen molar-refractivity contribution in [2.45, 2.75) is 0 Å². The first-order valence-electron chi connectivity index (χ1n) is 4.94. The number of benzene rings is 1. The smallest absolute Gasteiger partial charge is 0.341 e. The molecule has 0 fully saturated rings. The molecule has 1 heterocycles. The van der Waals surface area contributed by atoms with Crippen LogP contribution in [0.15, 0.2) is 29.1 Å². The number of aromatic carboxylic acids is 1. The van der Waals surface area contributed by atoms with Gasteiger partial charge in [0.15, 0.2) is 0 Å². The monoisotopic (exact) mass is 248 g/mol. The highest BCUT2D eigenvalue weighted by atomic mass is 16.6. The van der Waals surface area contributed by atoms with Gasteiger partial charge in [-0.1, -0.05) is 6.07 Å². The lowest BCUT2D eigenvalue weighted by atomic mass is 10.1. The number of fused-ring (bicyclic) bond motifs is 1. The van der Waals surface area contributed by atoms with E-state index in [4.69, 9.17) is 5.11 Å². The zero-order chi connectivity index (χ0) is 13.4. The Morgan fingerprint density at radius 2 is 2.11 bits per heavy atom. The predicted octanol–water partition coefficient (Wildman–Crippen LogP) is 1.14. The Labute approximate surface area is 100 Å². The molecule has 0 aliphatic rings. The van der Waals surface area contributed by atoms with Crippen molar-refractivity contribution in [1.29, 1.82) is 0 Å². The van der Waals surface area contributed by atoms with Crippen LogP contribution >= 0.6 is 0 Å². The van der Waals surface area contributed by atoms with Crippen LogP contribution in [0.1, 0.15) is 10.4 Å². The molecule has 0 radical (unpaired) electrons. The number of carboxylic acid groups (broad SMARTS) is 1. The molecule has 0 atom stereocenters. The largest absolute Gasteiger partial charge is 0.477 e. The summed E-state index contributed by atoms with van der Waals surface area (Å²) in [5.74, 6) is -1.41. The van der Waals surface area contributed by atoms with Gasteiger partial charge in [0.2, 0.25) is 0 Å². The maximum absolute atomic E-state index is 11.7. The van der Waals surface area contributed by atoms with Crippen molar-refractivity contribution in [1.82, 2.24) is 4.57 Å². The lowest BCUT2D eigenvalue weighted by Crippen LogP contribution is -2.24. The summed E-state index contributed by atoms with van der Waals surface area (Å²) in [6.07, 6.45) is 0. The summed E-state index contributed by atoms with van der Waals surface area (Å²) in [6, 6.07) is 5.27. The summed E-state index contributed by atoms with van der Waals surface area (Å²) in [4.78, 5) is 32.9. The third-order valence-corrected chi connectivity index (χ3v) is 2.67.